The van der Waals surface area contributed by atoms with Gasteiger partial charge in [0.05, 0.1) is 16.3 Å². The highest BCUT2D eigenvalue weighted by Gasteiger charge is 2.15. The van der Waals surface area contributed by atoms with Gasteiger partial charge in [-0.2, -0.15) is 5.10 Å². The van der Waals surface area contributed by atoms with Crippen LogP contribution >= 0.6 is 11.6 Å². The quantitative estimate of drug-likeness (QED) is 0.558. The fraction of sp³-hybridized carbons (Fsp3) is 0.143. The maximum atomic E-state index is 12.6. The molecule has 0 aliphatic rings. The Morgan fingerprint density at radius 1 is 1.10 bits per heavy atom. The van der Waals surface area contributed by atoms with E-state index >= 15 is 0 Å². The second kappa shape index (κ2) is 8.73. The van der Waals surface area contributed by atoms with Crippen molar-refractivity contribution in [3.05, 3.63) is 76.6 Å². The molecule has 0 bridgehead atoms. The molecular formula is C21H21ClN4O3S. The van der Waals surface area contributed by atoms with Gasteiger partial charge in [-0.05, 0) is 56.3 Å². The molecule has 7 nitrogen and oxygen atoms in total. The highest BCUT2D eigenvalue weighted by Crippen LogP contribution is 2.21. The molecule has 1 heterocycles. The molecule has 0 unspecified atom stereocenters. The van der Waals surface area contributed by atoms with Gasteiger partial charge >= 0.3 is 0 Å². The molecular weight excluding hydrogens is 424 g/mol. The largest absolute Gasteiger partial charge is 0.322 e. The molecule has 9 heteroatoms. The molecule has 1 aromatic heterocycles. The Hall–Kier alpha value is -3.10. The normalized spacial score (nSPS) is 11.6. The number of aromatic nitrogens is 2. The first-order chi connectivity index (χ1) is 14.2. The topological polar surface area (TPSA) is 93.1 Å². The number of carbonyl (C=O) groups is 1. The maximum absolute atomic E-state index is 12.6. The lowest BCUT2D eigenvalue weighted by atomic mass is 10.2. The maximum Gasteiger partial charge on any atom is 0.261 e. The smallest absolute Gasteiger partial charge is 0.261 e. The second-order valence-corrected chi connectivity index (χ2v) is 8.79. The van der Waals surface area contributed by atoms with E-state index in [1.54, 1.807) is 41.1 Å². The third kappa shape index (κ3) is 5.08. The summed E-state index contributed by atoms with van der Waals surface area (Å²) in [5.74, 6) is -0.380. The van der Waals surface area contributed by atoms with Gasteiger partial charge < -0.3 is 5.32 Å². The summed E-state index contributed by atoms with van der Waals surface area (Å²) in [7, 11) is -2.00. The van der Waals surface area contributed by atoms with Gasteiger partial charge in [0.1, 0.15) is 0 Å². The Morgan fingerprint density at radius 2 is 1.80 bits per heavy atom. The van der Waals surface area contributed by atoms with Gasteiger partial charge in [-0.3, -0.25) is 14.2 Å². The molecule has 0 fully saturated rings. The van der Waals surface area contributed by atoms with Crippen molar-refractivity contribution in [1.29, 1.82) is 0 Å². The lowest BCUT2D eigenvalue weighted by molar-refractivity contribution is -0.111. The van der Waals surface area contributed by atoms with Gasteiger partial charge in [0.25, 0.3) is 10.0 Å². The predicted octanol–water partition coefficient (Wildman–Crippen LogP) is 4.14. The van der Waals surface area contributed by atoms with E-state index in [2.05, 4.69) is 15.1 Å². The summed E-state index contributed by atoms with van der Waals surface area (Å²) in [6, 6.07) is 12.4. The first-order valence-electron chi connectivity index (χ1n) is 9.03. The van der Waals surface area contributed by atoms with Crippen molar-refractivity contribution >= 4 is 45.0 Å². The van der Waals surface area contributed by atoms with Crippen molar-refractivity contribution in [3.8, 4) is 0 Å². The zero-order chi connectivity index (χ0) is 21.9. The number of amides is 1. The standard InChI is InChI=1S/C21H21ClN4O3S/c1-14-20(15(2)26(3)24-14)10-11-21(27)23-17-7-5-9-19(13-17)30(28,29)25-18-8-4-6-16(22)12-18/h4-13,25H,1-3H3,(H,23,27)/b11-10+. The molecule has 0 spiro atoms. The number of nitrogens with one attached hydrogen (secondary N) is 2. The average Bonchev–Trinajstić information content (AvgIpc) is 2.91. The second-order valence-electron chi connectivity index (χ2n) is 6.67. The number of hydrogen-bond acceptors (Lipinski definition) is 4. The summed E-state index contributed by atoms with van der Waals surface area (Å²) in [6.45, 7) is 3.78. The van der Waals surface area contributed by atoms with Crippen LogP contribution in [0.3, 0.4) is 0 Å². The fourth-order valence-electron chi connectivity index (χ4n) is 2.88. The zero-order valence-electron chi connectivity index (χ0n) is 16.7. The molecule has 3 rings (SSSR count). The number of nitrogens with zero attached hydrogens (tertiary/aromatic N) is 2. The van der Waals surface area contributed by atoms with Crippen molar-refractivity contribution in [2.45, 2.75) is 18.7 Å². The number of sulfonamides is 1. The minimum Gasteiger partial charge on any atom is -0.322 e. The summed E-state index contributed by atoms with van der Waals surface area (Å²) < 4.78 is 29.5. The van der Waals surface area contributed by atoms with E-state index in [-0.39, 0.29) is 10.8 Å². The first-order valence-corrected chi connectivity index (χ1v) is 10.9. The number of halogens is 1. The SMILES string of the molecule is Cc1nn(C)c(C)c1/C=C/C(=O)Nc1cccc(S(=O)(=O)Nc2cccc(Cl)c2)c1. The zero-order valence-corrected chi connectivity index (χ0v) is 18.3. The van der Waals surface area contributed by atoms with Crippen molar-refractivity contribution in [2.75, 3.05) is 10.0 Å². The van der Waals surface area contributed by atoms with Crippen LogP contribution in [0.15, 0.2) is 59.5 Å². The molecule has 156 valence electrons. The van der Waals surface area contributed by atoms with E-state index in [0.29, 0.717) is 16.4 Å². The summed E-state index contributed by atoms with van der Waals surface area (Å²) >= 11 is 5.90. The molecule has 1 amide bonds. The Labute approximate surface area is 180 Å². The predicted molar refractivity (Wildman–Crippen MR) is 119 cm³/mol. The number of hydrogen-bond donors (Lipinski definition) is 2. The fourth-order valence-corrected chi connectivity index (χ4v) is 4.17. The van der Waals surface area contributed by atoms with Crippen LogP contribution in [0, 0.1) is 13.8 Å². The van der Waals surface area contributed by atoms with E-state index in [1.807, 2.05) is 20.9 Å². The van der Waals surface area contributed by atoms with Crippen molar-refractivity contribution in [2.24, 2.45) is 7.05 Å². The van der Waals surface area contributed by atoms with E-state index in [4.69, 9.17) is 11.6 Å². The molecule has 30 heavy (non-hydrogen) atoms. The third-order valence-electron chi connectivity index (χ3n) is 4.46. The van der Waals surface area contributed by atoms with Gasteiger partial charge in [0.2, 0.25) is 5.91 Å². The van der Waals surface area contributed by atoms with Crippen LogP contribution in [0.25, 0.3) is 6.08 Å². The van der Waals surface area contributed by atoms with Gasteiger partial charge in [-0.1, -0.05) is 23.7 Å². The summed E-state index contributed by atoms with van der Waals surface area (Å²) in [5.41, 5.74) is 3.34. The molecule has 0 radical (unpaired) electrons. The van der Waals surface area contributed by atoms with E-state index in [0.717, 1.165) is 17.0 Å². The lowest BCUT2D eigenvalue weighted by Crippen LogP contribution is -2.14. The number of rotatable bonds is 6. The van der Waals surface area contributed by atoms with Gasteiger partial charge in [0.15, 0.2) is 0 Å². The Balaban J connectivity index is 1.75. The Bertz CT molecular complexity index is 1230. The molecule has 2 N–H and O–H groups in total. The highest BCUT2D eigenvalue weighted by molar-refractivity contribution is 7.92. The summed E-state index contributed by atoms with van der Waals surface area (Å²) in [5, 5.41) is 7.40. The number of carbonyl (C=O) groups excluding carboxylic acids is 1. The lowest BCUT2D eigenvalue weighted by Gasteiger charge is -2.10. The minimum atomic E-state index is -3.84. The monoisotopic (exact) mass is 444 g/mol. The van der Waals surface area contributed by atoms with E-state index in [1.165, 1.54) is 24.3 Å². The average molecular weight is 445 g/mol. The van der Waals surface area contributed by atoms with E-state index in [9.17, 15) is 13.2 Å². The number of benzene rings is 2. The van der Waals surface area contributed by atoms with Gasteiger partial charge in [-0.25, -0.2) is 8.42 Å². The van der Waals surface area contributed by atoms with Crippen LogP contribution in [0.5, 0.6) is 0 Å². The third-order valence-corrected chi connectivity index (χ3v) is 6.07. The van der Waals surface area contributed by atoms with Gasteiger partial charge in [-0.15, -0.1) is 0 Å². The molecule has 3 aromatic rings. The Morgan fingerprint density at radius 3 is 2.47 bits per heavy atom. The van der Waals surface area contributed by atoms with Crippen molar-refractivity contribution < 1.29 is 13.2 Å². The van der Waals surface area contributed by atoms with Crippen LogP contribution in [0.2, 0.25) is 5.02 Å². The first kappa shape index (κ1) is 21.6. The number of anilines is 2. The van der Waals surface area contributed by atoms with Gasteiger partial charge in [0, 0.05) is 35.1 Å². The summed E-state index contributed by atoms with van der Waals surface area (Å²) in [4.78, 5) is 12.3. The highest BCUT2D eigenvalue weighted by atomic mass is 35.5. The van der Waals surface area contributed by atoms with Crippen LogP contribution < -0.4 is 10.0 Å². The molecule has 0 aliphatic carbocycles. The summed E-state index contributed by atoms with van der Waals surface area (Å²) in [6.07, 6.45) is 3.08. The van der Waals surface area contributed by atoms with E-state index < -0.39 is 10.0 Å². The van der Waals surface area contributed by atoms with Crippen LogP contribution in [-0.2, 0) is 21.9 Å². The van der Waals surface area contributed by atoms with Crippen molar-refractivity contribution in [3.63, 3.8) is 0 Å². The molecule has 2 aromatic carbocycles. The minimum absolute atomic E-state index is 0.0169. The number of aryl methyl sites for hydroxylation is 2. The molecule has 0 saturated carbocycles. The van der Waals surface area contributed by atoms with Crippen molar-refractivity contribution in [1.82, 2.24) is 9.78 Å². The molecule has 0 saturated heterocycles. The Kier molecular flexibility index (Phi) is 6.28. The van der Waals surface area contributed by atoms with Crippen LogP contribution in [0.1, 0.15) is 17.0 Å². The molecule has 0 atom stereocenters. The van der Waals surface area contributed by atoms with Crippen LogP contribution in [-0.4, -0.2) is 24.1 Å². The van der Waals surface area contributed by atoms with Crippen LogP contribution in [0.4, 0.5) is 11.4 Å². The molecule has 0 aliphatic heterocycles.